The molecule has 3 nitrogen and oxygen atoms in total. The molecule has 1 aliphatic rings. The molecule has 1 amide bonds. The average Bonchev–Trinajstić information content (AvgIpc) is 2.14. The quantitative estimate of drug-likeness (QED) is 0.527. The van der Waals surface area contributed by atoms with Gasteiger partial charge in [-0.05, 0) is 0 Å². The second-order valence-electron chi connectivity index (χ2n) is 1.59. The normalized spacial score (nSPS) is 27.1. The highest BCUT2D eigenvalue weighted by atomic mass is 35.5. The van der Waals surface area contributed by atoms with E-state index in [-0.39, 0.29) is 12.1 Å². The molecule has 0 bridgehead atoms. The highest BCUT2D eigenvalue weighted by Gasteiger charge is 2.20. The fourth-order valence-electron chi connectivity index (χ4n) is 0.509. The zero-order valence-corrected chi connectivity index (χ0v) is 4.94. The van der Waals surface area contributed by atoms with Gasteiger partial charge in [0.15, 0.2) is 0 Å². The first-order valence-electron chi connectivity index (χ1n) is 2.32. The summed E-state index contributed by atoms with van der Waals surface area (Å²) in [4.78, 5) is 10.2. The monoisotopic (exact) mass is 135 g/mol. The molecule has 0 aromatic carbocycles. The number of halogens is 1. The van der Waals surface area contributed by atoms with E-state index in [1.54, 1.807) is 0 Å². The van der Waals surface area contributed by atoms with Gasteiger partial charge in [-0.25, -0.2) is 4.79 Å². The van der Waals surface area contributed by atoms with Crippen molar-refractivity contribution in [1.82, 2.24) is 5.32 Å². The summed E-state index contributed by atoms with van der Waals surface area (Å²) in [7, 11) is 0. The summed E-state index contributed by atoms with van der Waals surface area (Å²) in [5.74, 6) is 0.422. The van der Waals surface area contributed by atoms with E-state index in [2.05, 4.69) is 10.1 Å². The molecule has 1 unspecified atom stereocenters. The van der Waals surface area contributed by atoms with Gasteiger partial charge in [-0.1, -0.05) is 0 Å². The van der Waals surface area contributed by atoms with Gasteiger partial charge < -0.3 is 10.1 Å². The Morgan fingerprint density at radius 3 is 3.00 bits per heavy atom. The SMILES string of the molecule is O=C1NC(CCl)CO1. The number of carbonyl (C=O) groups is 1. The lowest BCUT2D eigenvalue weighted by Crippen LogP contribution is -2.27. The maximum atomic E-state index is 10.2. The number of hydrogen-bond acceptors (Lipinski definition) is 2. The molecule has 1 heterocycles. The largest absolute Gasteiger partial charge is 0.447 e. The topological polar surface area (TPSA) is 38.3 Å². The Balaban J connectivity index is 2.32. The Morgan fingerprint density at radius 2 is 2.75 bits per heavy atom. The Kier molecular flexibility index (Phi) is 1.58. The molecule has 46 valence electrons. The minimum atomic E-state index is -0.365. The number of alkyl halides is 1. The second kappa shape index (κ2) is 2.22. The van der Waals surface area contributed by atoms with E-state index in [0.717, 1.165) is 0 Å². The standard InChI is InChI=1S/C4H6ClNO2/c5-1-3-2-8-4(7)6-3/h3H,1-2H2,(H,6,7). The molecule has 8 heavy (non-hydrogen) atoms. The molecule has 0 spiro atoms. The second-order valence-corrected chi connectivity index (χ2v) is 1.90. The number of alkyl carbamates (subject to hydrolysis) is 1. The first-order chi connectivity index (χ1) is 3.83. The van der Waals surface area contributed by atoms with Gasteiger partial charge in [0, 0.05) is 5.88 Å². The molecule has 1 aliphatic heterocycles. The summed E-state index contributed by atoms with van der Waals surface area (Å²) < 4.78 is 4.52. The van der Waals surface area contributed by atoms with E-state index in [0.29, 0.717) is 12.5 Å². The van der Waals surface area contributed by atoms with Crippen molar-refractivity contribution in [2.45, 2.75) is 6.04 Å². The third kappa shape index (κ3) is 1.04. The third-order valence-corrected chi connectivity index (χ3v) is 1.30. The van der Waals surface area contributed by atoms with Crippen LogP contribution in [0.25, 0.3) is 0 Å². The van der Waals surface area contributed by atoms with Crippen molar-refractivity contribution in [3.63, 3.8) is 0 Å². The minimum Gasteiger partial charge on any atom is -0.447 e. The van der Waals surface area contributed by atoms with Crippen molar-refractivity contribution < 1.29 is 9.53 Å². The first-order valence-corrected chi connectivity index (χ1v) is 2.85. The summed E-state index contributed by atoms with van der Waals surface area (Å²) in [5.41, 5.74) is 0. The van der Waals surface area contributed by atoms with Gasteiger partial charge in [-0.15, -0.1) is 11.6 Å². The van der Waals surface area contributed by atoms with Crippen molar-refractivity contribution in [1.29, 1.82) is 0 Å². The van der Waals surface area contributed by atoms with Crippen LogP contribution in [0, 0.1) is 0 Å². The van der Waals surface area contributed by atoms with E-state index in [1.165, 1.54) is 0 Å². The Hall–Kier alpha value is -0.440. The maximum absolute atomic E-state index is 10.2. The molecule has 1 saturated heterocycles. The smallest absolute Gasteiger partial charge is 0.407 e. The summed E-state index contributed by atoms with van der Waals surface area (Å²) in [6, 6.07) is 0.0177. The lowest BCUT2D eigenvalue weighted by atomic mass is 10.4. The zero-order valence-electron chi connectivity index (χ0n) is 4.19. The van der Waals surface area contributed by atoms with E-state index in [4.69, 9.17) is 11.6 Å². The number of rotatable bonds is 1. The number of ether oxygens (including phenoxy) is 1. The van der Waals surface area contributed by atoms with Crippen molar-refractivity contribution in [2.24, 2.45) is 0 Å². The van der Waals surface area contributed by atoms with Crippen LogP contribution in [0.15, 0.2) is 0 Å². The van der Waals surface area contributed by atoms with E-state index in [9.17, 15) is 4.79 Å². The number of cyclic esters (lactones) is 1. The Bertz CT molecular complexity index is 106. The van der Waals surface area contributed by atoms with Gasteiger partial charge in [-0.3, -0.25) is 0 Å². The first kappa shape index (κ1) is 5.69. The lowest BCUT2D eigenvalue weighted by molar-refractivity contribution is 0.177. The summed E-state index contributed by atoms with van der Waals surface area (Å²) in [6.45, 7) is 0.405. The zero-order chi connectivity index (χ0) is 5.98. The van der Waals surface area contributed by atoms with Crippen LogP contribution in [0.3, 0.4) is 0 Å². The molecule has 1 N–H and O–H groups in total. The van der Waals surface area contributed by atoms with Gasteiger partial charge in [0.25, 0.3) is 0 Å². The molecular weight excluding hydrogens is 130 g/mol. The molecule has 1 fully saturated rings. The lowest BCUT2D eigenvalue weighted by Gasteiger charge is -1.96. The van der Waals surface area contributed by atoms with Crippen molar-refractivity contribution in [3.8, 4) is 0 Å². The van der Waals surface area contributed by atoms with Crippen LogP contribution in [-0.2, 0) is 4.74 Å². The van der Waals surface area contributed by atoms with Crippen molar-refractivity contribution >= 4 is 17.7 Å². The van der Waals surface area contributed by atoms with E-state index < -0.39 is 0 Å². The molecular formula is C4H6ClNO2. The Labute approximate surface area is 52.0 Å². The van der Waals surface area contributed by atoms with Gasteiger partial charge in [0.2, 0.25) is 0 Å². The van der Waals surface area contributed by atoms with Crippen LogP contribution < -0.4 is 5.32 Å². The van der Waals surface area contributed by atoms with Gasteiger partial charge in [0.05, 0.1) is 6.04 Å². The molecule has 0 saturated carbocycles. The molecule has 1 rings (SSSR count). The Morgan fingerprint density at radius 1 is 2.00 bits per heavy atom. The summed E-state index contributed by atoms with van der Waals surface area (Å²) in [5, 5.41) is 2.51. The number of hydrogen-bond donors (Lipinski definition) is 1. The molecule has 4 heteroatoms. The molecule has 0 radical (unpaired) electrons. The van der Waals surface area contributed by atoms with Gasteiger partial charge >= 0.3 is 6.09 Å². The number of carbonyl (C=O) groups excluding carboxylic acids is 1. The fourth-order valence-corrected chi connectivity index (χ4v) is 0.676. The fraction of sp³-hybridized carbons (Fsp3) is 0.750. The maximum Gasteiger partial charge on any atom is 0.407 e. The third-order valence-electron chi connectivity index (χ3n) is 0.924. The highest BCUT2D eigenvalue weighted by Crippen LogP contribution is 1.97. The predicted molar refractivity (Wildman–Crippen MR) is 29.0 cm³/mol. The van der Waals surface area contributed by atoms with Crippen LogP contribution in [0.4, 0.5) is 4.79 Å². The molecule has 1 atom stereocenters. The van der Waals surface area contributed by atoms with Gasteiger partial charge in [-0.2, -0.15) is 0 Å². The van der Waals surface area contributed by atoms with Crippen LogP contribution in [0.1, 0.15) is 0 Å². The van der Waals surface area contributed by atoms with E-state index in [1.807, 2.05) is 0 Å². The predicted octanol–water partition coefficient (Wildman–Crippen LogP) is 0.334. The van der Waals surface area contributed by atoms with Crippen LogP contribution in [-0.4, -0.2) is 24.6 Å². The number of amides is 1. The minimum absolute atomic E-state index is 0.0177. The number of nitrogens with one attached hydrogen (secondary N) is 1. The van der Waals surface area contributed by atoms with E-state index >= 15 is 0 Å². The molecule has 0 aromatic rings. The summed E-state index contributed by atoms with van der Waals surface area (Å²) >= 11 is 5.38. The average molecular weight is 136 g/mol. The molecule has 0 aromatic heterocycles. The molecule has 0 aliphatic carbocycles. The van der Waals surface area contributed by atoms with Crippen LogP contribution >= 0.6 is 11.6 Å². The summed E-state index contributed by atoms with van der Waals surface area (Å²) in [6.07, 6.45) is -0.365. The highest BCUT2D eigenvalue weighted by molar-refractivity contribution is 6.18. The van der Waals surface area contributed by atoms with Crippen LogP contribution in [0.5, 0.6) is 0 Å². The van der Waals surface area contributed by atoms with Crippen molar-refractivity contribution in [2.75, 3.05) is 12.5 Å². The van der Waals surface area contributed by atoms with Crippen LogP contribution in [0.2, 0.25) is 0 Å². The van der Waals surface area contributed by atoms with Gasteiger partial charge in [0.1, 0.15) is 6.61 Å². The van der Waals surface area contributed by atoms with Crippen molar-refractivity contribution in [3.05, 3.63) is 0 Å².